The van der Waals surface area contributed by atoms with E-state index in [2.05, 4.69) is 31.4 Å². The molecule has 1 aromatic carbocycles. The Labute approximate surface area is 131 Å². The summed E-state index contributed by atoms with van der Waals surface area (Å²) >= 11 is 3.53. The SMILES string of the molecule is CN(c1ccccc1C#N)c1nc2ccccn2c1CBr. The molecule has 0 spiro atoms. The fourth-order valence-corrected chi connectivity index (χ4v) is 2.92. The van der Waals surface area contributed by atoms with E-state index in [4.69, 9.17) is 0 Å². The van der Waals surface area contributed by atoms with Crippen LogP contribution < -0.4 is 4.90 Å². The zero-order valence-corrected chi connectivity index (χ0v) is 13.1. The first-order valence-corrected chi connectivity index (χ1v) is 7.63. The van der Waals surface area contributed by atoms with E-state index in [0.717, 1.165) is 22.8 Å². The number of imidazole rings is 1. The van der Waals surface area contributed by atoms with Crippen LogP contribution in [0.2, 0.25) is 0 Å². The number of nitriles is 1. The van der Waals surface area contributed by atoms with Gasteiger partial charge in [0.05, 0.1) is 16.9 Å². The molecule has 2 heterocycles. The van der Waals surface area contributed by atoms with Crippen LogP contribution in [0.1, 0.15) is 11.3 Å². The molecule has 0 aliphatic heterocycles. The minimum atomic E-state index is 0.637. The van der Waals surface area contributed by atoms with Gasteiger partial charge in [-0.2, -0.15) is 5.26 Å². The van der Waals surface area contributed by atoms with Gasteiger partial charge in [0.15, 0.2) is 5.82 Å². The topological polar surface area (TPSA) is 44.3 Å². The molecule has 3 rings (SSSR count). The summed E-state index contributed by atoms with van der Waals surface area (Å²) < 4.78 is 2.05. The van der Waals surface area contributed by atoms with Crippen molar-refractivity contribution in [3.8, 4) is 6.07 Å². The molecule has 0 radical (unpaired) electrons. The Morgan fingerprint density at radius 1 is 1.24 bits per heavy atom. The summed E-state index contributed by atoms with van der Waals surface area (Å²) in [7, 11) is 1.93. The lowest BCUT2D eigenvalue weighted by Crippen LogP contribution is -2.13. The Hall–Kier alpha value is -2.32. The van der Waals surface area contributed by atoms with Crippen molar-refractivity contribution in [3.05, 3.63) is 59.9 Å². The van der Waals surface area contributed by atoms with E-state index in [1.165, 1.54) is 0 Å². The van der Waals surface area contributed by atoms with Crippen LogP contribution in [0.3, 0.4) is 0 Å². The van der Waals surface area contributed by atoms with Gasteiger partial charge in [0, 0.05) is 18.6 Å². The molecule has 0 bridgehead atoms. The summed E-state index contributed by atoms with van der Waals surface area (Å²) in [5, 5.41) is 9.96. The molecule has 0 saturated heterocycles. The number of pyridine rings is 1. The molecule has 2 aromatic heterocycles. The molecule has 0 fully saturated rings. The quantitative estimate of drug-likeness (QED) is 0.680. The van der Waals surface area contributed by atoms with E-state index in [9.17, 15) is 5.26 Å². The van der Waals surface area contributed by atoms with Crippen LogP contribution >= 0.6 is 15.9 Å². The van der Waals surface area contributed by atoms with Crippen molar-refractivity contribution >= 4 is 33.1 Å². The standard InChI is InChI=1S/C16H13BrN4/c1-20(13-7-3-2-6-12(13)11-18)16-14(10-17)21-9-5-4-8-15(21)19-16/h2-9H,10H2,1H3. The van der Waals surface area contributed by atoms with Crippen molar-refractivity contribution in [1.29, 1.82) is 5.26 Å². The third-order valence-corrected chi connectivity index (χ3v) is 3.97. The normalized spacial score (nSPS) is 10.5. The molecule has 104 valence electrons. The van der Waals surface area contributed by atoms with Crippen molar-refractivity contribution in [2.45, 2.75) is 5.33 Å². The van der Waals surface area contributed by atoms with Gasteiger partial charge in [0.2, 0.25) is 0 Å². The first kappa shape index (κ1) is 13.7. The lowest BCUT2D eigenvalue weighted by Gasteiger charge is -2.19. The minimum absolute atomic E-state index is 0.637. The Morgan fingerprint density at radius 2 is 2.00 bits per heavy atom. The lowest BCUT2D eigenvalue weighted by atomic mass is 10.2. The number of benzene rings is 1. The predicted molar refractivity (Wildman–Crippen MR) is 87.0 cm³/mol. The third kappa shape index (κ3) is 2.28. The molecule has 0 amide bonds. The highest BCUT2D eigenvalue weighted by atomic mass is 79.9. The van der Waals surface area contributed by atoms with Crippen molar-refractivity contribution < 1.29 is 0 Å². The molecule has 0 aliphatic carbocycles. The molecule has 5 heteroatoms. The van der Waals surface area contributed by atoms with Crippen LogP contribution in [0.4, 0.5) is 11.5 Å². The van der Waals surface area contributed by atoms with Crippen molar-refractivity contribution in [2.24, 2.45) is 0 Å². The first-order valence-electron chi connectivity index (χ1n) is 6.51. The maximum atomic E-state index is 9.27. The summed E-state index contributed by atoms with van der Waals surface area (Å²) in [6.45, 7) is 0. The van der Waals surface area contributed by atoms with Gasteiger partial charge in [-0.3, -0.25) is 0 Å². The molecular formula is C16H13BrN4. The zero-order chi connectivity index (χ0) is 14.8. The van der Waals surface area contributed by atoms with Gasteiger partial charge in [-0.25, -0.2) is 4.98 Å². The van der Waals surface area contributed by atoms with E-state index in [-0.39, 0.29) is 0 Å². The number of hydrogen-bond donors (Lipinski definition) is 0. The molecular weight excluding hydrogens is 328 g/mol. The number of rotatable bonds is 3. The Balaban J connectivity index is 2.18. The largest absolute Gasteiger partial charge is 0.327 e. The summed E-state index contributed by atoms with van der Waals surface area (Å²) in [6, 6.07) is 15.7. The Bertz CT molecular complexity index is 832. The molecule has 0 atom stereocenters. The summed E-state index contributed by atoms with van der Waals surface area (Å²) in [5.41, 5.74) is 3.44. The summed E-state index contributed by atoms with van der Waals surface area (Å²) in [6.07, 6.45) is 1.99. The molecule has 4 nitrogen and oxygen atoms in total. The highest BCUT2D eigenvalue weighted by Gasteiger charge is 2.17. The van der Waals surface area contributed by atoms with Gasteiger partial charge >= 0.3 is 0 Å². The van der Waals surface area contributed by atoms with E-state index in [1.54, 1.807) is 0 Å². The number of hydrogen-bond acceptors (Lipinski definition) is 3. The van der Waals surface area contributed by atoms with E-state index in [1.807, 2.05) is 60.6 Å². The number of nitrogens with zero attached hydrogens (tertiary/aromatic N) is 4. The monoisotopic (exact) mass is 340 g/mol. The second-order valence-electron chi connectivity index (χ2n) is 4.63. The number of fused-ring (bicyclic) bond motifs is 1. The first-order chi connectivity index (χ1) is 10.3. The third-order valence-electron chi connectivity index (χ3n) is 3.44. The number of alkyl halides is 1. The second-order valence-corrected chi connectivity index (χ2v) is 5.19. The fourth-order valence-electron chi connectivity index (χ4n) is 2.40. The van der Waals surface area contributed by atoms with E-state index in [0.29, 0.717) is 10.9 Å². The van der Waals surface area contributed by atoms with Crippen LogP contribution in [-0.2, 0) is 5.33 Å². The van der Waals surface area contributed by atoms with Crippen molar-refractivity contribution in [1.82, 2.24) is 9.38 Å². The second kappa shape index (κ2) is 5.58. The van der Waals surface area contributed by atoms with Crippen molar-refractivity contribution in [2.75, 3.05) is 11.9 Å². The smallest absolute Gasteiger partial charge is 0.156 e. The number of anilines is 2. The lowest BCUT2D eigenvalue weighted by molar-refractivity contribution is 1.07. The van der Waals surface area contributed by atoms with Gasteiger partial charge in [-0.15, -0.1) is 0 Å². The highest BCUT2D eigenvalue weighted by Crippen LogP contribution is 2.30. The molecule has 21 heavy (non-hydrogen) atoms. The van der Waals surface area contributed by atoms with E-state index < -0.39 is 0 Å². The van der Waals surface area contributed by atoms with Crippen LogP contribution in [0.15, 0.2) is 48.7 Å². The average molecular weight is 341 g/mol. The van der Waals surface area contributed by atoms with Crippen molar-refractivity contribution in [3.63, 3.8) is 0 Å². The minimum Gasteiger partial charge on any atom is -0.327 e. The van der Waals surface area contributed by atoms with Crippen LogP contribution in [0.5, 0.6) is 0 Å². The predicted octanol–water partition coefficient (Wildman–Crippen LogP) is 3.87. The molecule has 0 N–H and O–H groups in total. The van der Waals surface area contributed by atoms with Gasteiger partial charge in [-0.1, -0.05) is 34.1 Å². The highest BCUT2D eigenvalue weighted by molar-refractivity contribution is 9.08. The number of halogens is 1. The number of para-hydroxylation sites is 1. The van der Waals surface area contributed by atoms with Crippen LogP contribution in [0, 0.1) is 11.3 Å². The van der Waals surface area contributed by atoms with Gasteiger partial charge < -0.3 is 9.30 Å². The molecule has 3 aromatic rings. The van der Waals surface area contributed by atoms with Gasteiger partial charge in [-0.05, 0) is 24.3 Å². The molecule has 0 unspecified atom stereocenters. The average Bonchev–Trinajstić information content (AvgIpc) is 2.92. The van der Waals surface area contributed by atoms with E-state index >= 15 is 0 Å². The summed E-state index contributed by atoms with van der Waals surface area (Å²) in [5.74, 6) is 0.848. The molecule has 0 saturated carbocycles. The van der Waals surface area contributed by atoms with Gasteiger partial charge in [0.25, 0.3) is 0 Å². The maximum absolute atomic E-state index is 9.27. The van der Waals surface area contributed by atoms with Crippen LogP contribution in [0.25, 0.3) is 5.65 Å². The Morgan fingerprint density at radius 3 is 2.76 bits per heavy atom. The molecule has 0 aliphatic rings. The summed E-state index contributed by atoms with van der Waals surface area (Å²) in [4.78, 5) is 6.65. The maximum Gasteiger partial charge on any atom is 0.156 e. The number of aromatic nitrogens is 2. The Kier molecular flexibility index (Phi) is 3.63. The fraction of sp³-hybridized carbons (Fsp3) is 0.125. The van der Waals surface area contributed by atoms with Crippen LogP contribution in [-0.4, -0.2) is 16.4 Å². The zero-order valence-electron chi connectivity index (χ0n) is 11.5. The van der Waals surface area contributed by atoms with Gasteiger partial charge in [0.1, 0.15) is 11.7 Å².